The van der Waals surface area contributed by atoms with E-state index in [2.05, 4.69) is 13.8 Å². The van der Waals surface area contributed by atoms with Crippen LogP contribution in [-0.4, -0.2) is 23.5 Å². The monoisotopic (exact) mass is 443 g/mol. The zero-order valence-corrected chi connectivity index (χ0v) is 19.0. The molecule has 4 rings (SSSR count). The molecule has 0 saturated carbocycles. The third kappa shape index (κ3) is 5.43. The van der Waals surface area contributed by atoms with Gasteiger partial charge in [-0.25, -0.2) is 9.69 Å². The molecule has 0 N–H and O–H groups in total. The topological polar surface area (TPSA) is 55.8 Å². The maximum absolute atomic E-state index is 13.3. The van der Waals surface area contributed by atoms with E-state index >= 15 is 0 Å². The van der Waals surface area contributed by atoms with Crippen LogP contribution in [0.4, 0.5) is 4.79 Å². The van der Waals surface area contributed by atoms with Gasteiger partial charge in [0.25, 0.3) is 0 Å². The summed E-state index contributed by atoms with van der Waals surface area (Å²) in [4.78, 5) is 26.9. The van der Waals surface area contributed by atoms with Crippen molar-refractivity contribution in [2.24, 2.45) is 5.92 Å². The largest absolute Gasteiger partial charge is 0.489 e. The molecule has 3 aromatic carbocycles. The lowest BCUT2D eigenvalue weighted by molar-refractivity contribution is -0.130. The van der Waals surface area contributed by atoms with Crippen molar-refractivity contribution in [3.05, 3.63) is 102 Å². The Hall–Kier alpha value is -3.60. The molecule has 2 unspecified atom stereocenters. The molecule has 2 atom stereocenters. The summed E-state index contributed by atoms with van der Waals surface area (Å²) in [6.07, 6.45) is -0.332. The first kappa shape index (κ1) is 22.6. The van der Waals surface area contributed by atoms with Crippen LogP contribution in [0, 0.1) is 5.92 Å². The summed E-state index contributed by atoms with van der Waals surface area (Å²) < 4.78 is 11.1. The second-order valence-electron chi connectivity index (χ2n) is 8.67. The van der Waals surface area contributed by atoms with Crippen LogP contribution in [-0.2, 0) is 16.1 Å². The molecule has 0 aromatic heterocycles. The Kier molecular flexibility index (Phi) is 7.08. The van der Waals surface area contributed by atoms with E-state index in [1.807, 2.05) is 84.9 Å². The summed E-state index contributed by atoms with van der Waals surface area (Å²) in [7, 11) is 0. The van der Waals surface area contributed by atoms with E-state index in [1.165, 1.54) is 4.90 Å². The molecular weight excluding hydrogens is 414 g/mol. The number of hydrogen-bond acceptors (Lipinski definition) is 4. The van der Waals surface area contributed by atoms with E-state index < -0.39 is 6.09 Å². The van der Waals surface area contributed by atoms with E-state index in [4.69, 9.17) is 9.47 Å². The molecule has 1 fully saturated rings. The number of benzene rings is 3. The van der Waals surface area contributed by atoms with Gasteiger partial charge in [-0.15, -0.1) is 0 Å². The average molecular weight is 444 g/mol. The van der Waals surface area contributed by atoms with Crippen LogP contribution in [0.15, 0.2) is 84.9 Å². The fraction of sp³-hybridized carbons (Fsp3) is 0.286. The first-order valence-corrected chi connectivity index (χ1v) is 11.3. The van der Waals surface area contributed by atoms with Gasteiger partial charge in [-0.05, 0) is 40.7 Å². The van der Waals surface area contributed by atoms with Gasteiger partial charge in [0.15, 0.2) is 0 Å². The molecule has 1 aliphatic rings. The molecule has 1 heterocycles. The minimum Gasteiger partial charge on any atom is -0.489 e. The Morgan fingerprint density at radius 2 is 1.61 bits per heavy atom. The normalized spacial score (nSPS) is 16.5. The molecule has 3 aromatic rings. The van der Waals surface area contributed by atoms with Gasteiger partial charge in [0.1, 0.15) is 25.0 Å². The van der Waals surface area contributed by atoms with Gasteiger partial charge in [0.2, 0.25) is 5.91 Å². The molecule has 0 aliphatic carbocycles. The average Bonchev–Trinajstić information content (AvgIpc) is 3.24. The minimum atomic E-state index is -0.569. The second-order valence-corrected chi connectivity index (χ2v) is 8.67. The lowest BCUT2D eigenvalue weighted by Gasteiger charge is -2.25. The van der Waals surface area contributed by atoms with Crippen molar-refractivity contribution in [1.82, 2.24) is 4.90 Å². The summed E-state index contributed by atoms with van der Waals surface area (Å²) in [6.45, 7) is 4.88. The summed E-state index contributed by atoms with van der Waals surface area (Å²) in [5.74, 6) is 0.766. The minimum absolute atomic E-state index is 0.0227. The molecule has 0 bridgehead atoms. The zero-order chi connectivity index (χ0) is 23.2. The first-order valence-electron chi connectivity index (χ1n) is 11.3. The fourth-order valence-electron chi connectivity index (χ4n) is 4.19. The van der Waals surface area contributed by atoms with E-state index in [0.29, 0.717) is 6.61 Å². The van der Waals surface area contributed by atoms with E-state index in [9.17, 15) is 9.59 Å². The predicted octanol–water partition coefficient (Wildman–Crippen LogP) is 6.12. The highest BCUT2D eigenvalue weighted by molar-refractivity contribution is 5.94. The Bertz CT molecular complexity index is 1060. The molecule has 33 heavy (non-hydrogen) atoms. The van der Waals surface area contributed by atoms with Crippen LogP contribution in [0.5, 0.6) is 5.75 Å². The van der Waals surface area contributed by atoms with E-state index in [0.717, 1.165) is 22.4 Å². The second kappa shape index (κ2) is 10.3. The van der Waals surface area contributed by atoms with Gasteiger partial charge < -0.3 is 9.47 Å². The van der Waals surface area contributed by atoms with Gasteiger partial charge in [0, 0.05) is 6.42 Å². The number of cyclic esters (lactones) is 1. The lowest BCUT2D eigenvalue weighted by Crippen LogP contribution is -2.35. The van der Waals surface area contributed by atoms with Gasteiger partial charge in [-0.3, -0.25) is 4.79 Å². The Morgan fingerprint density at radius 1 is 0.970 bits per heavy atom. The van der Waals surface area contributed by atoms with Crippen LogP contribution in [0.3, 0.4) is 0 Å². The van der Waals surface area contributed by atoms with Crippen LogP contribution in [0.25, 0.3) is 0 Å². The van der Waals surface area contributed by atoms with Crippen LogP contribution >= 0.6 is 0 Å². The maximum atomic E-state index is 13.3. The van der Waals surface area contributed by atoms with Crippen molar-refractivity contribution in [1.29, 1.82) is 0 Å². The summed E-state index contributed by atoms with van der Waals surface area (Å²) in [5.41, 5.74) is 3.06. The zero-order valence-electron chi connectivity index (χ0n) is 19.0. The molecule has 1 aliphatic heterocycles. The third-order valence-electron chi connectivity index (χ3n) is 6.08. The Morgan fingerprint density at radius 3 is 2.24 bits per heavy atom. The third-order valence-corrected chi connectivity index (χ3v) is 6.08. The molecule has 5 nitrogen and oxygen atoms in total. The lowest BCUT2D eigenvalue weighted by atomic mass is 9.85. The number of rotatable bonds is 8. The number of carbonyl (C=O) groups excluding carboxylic acids is 2. The molecule has 5 heteroatoms. The summed E-state index contributed by atoms with van der Waals surface area (Å²) >= 11 is 0. The van der Waals surface area contributed by atoms with Crippen molar-refractivity contribution < 1.29 is 19.1 Å². The SMILES string of the molecule is CC(C)C(CC(=O)N1C(=O)OCC1c1ccccc1)c1ccc(OCc2ccccc2)cc1. The molecule has 0 radical (unpaired) electrons. The maximum Gasteiger partial charge on any atom is 0.417 e. The van der Waals surface area contributed by atoms with Crippen LogP contribution in [0.1, 0.15) is 48.9 Å². The first-order chi connectivity index (χ1) is 16.0. The molecule has 170 valence electrons. The smallest absolute Gasteiger partial charge is 0.417 e. The standard InChI is InChI=1S/C28H29NO4/c1-20(2)25(22-13-15-24(16-14-22)32-18-21-9-5-3-6-10-21)17-27(30)29-26(19-33-28(29)31)23-11-7-4-8-12-23/h3-16,20,25-26H,17-19H2,1-2H3. The van der Waals surface area contributed by atoms with E-state index in [1.54, 1.807) is 0 Å². The van der Waals surface area contributed by atoms with Crippen molar-refractivity contribution in [2.75, 3.05) is 6.61 Å². The fourth-order valence-corrected chi connectivity index (χ4v) is 4.19. The summed E-state index contributed by atoms with van der Waals surface area (Å²) in [5, 5.41) is 0. The van der Waals surface area contributed by atoms with Gasteiger partial charge >= 0.3 is 6.09 Å². The van der Waals surface area contributed by atoms with E-state index in [-0.39, 0.29) is 36.8 Å². The number of ether oxygens (including phenoxy) is 2. The highest BCUT2D eigenvalue weighted by Gasteiger charge is 2.39. The van der Waals surface area contributed by atoms with Crippen molar-refractivity contribution in [2.45, 2.75) is 38.8 Å². The highest BCUT2D eigenvalue weighted by Crippen LogP contribution is 2.34. The number of nitrogens with zero attached hydrogens (tertiary/aromatic N) is 1. The van der Waals surface area contributed by atoms with Gasteiger partial charge in [-0.1, -0.05) is 86.6 Å². The highest BCUT2D eigenvalue weighted by atomic mass is 16.6. The van der Waals surface area contributed by atoms with Crippen LogP contribution in [0.2, 0.25) is 0 Å². The van der Waals surface area contributed by atoms with Crippen LogP contribution < -0.4 is 4.74 Å². The molecule has 0 spiro atoms. The summed E-state index contributed by atoms with van der Waals surface area (Å²) in [6, 6.07) is 27.1. The number of amides is 2. The van der Waals surface area contributed by atoms with Crippen molar-refractivity contribution >= 4 is 12.0 Å². The van der Waals surface area contributed by atoms with Gasteiger partial charge in [-0.2, -0.15) is 0 Å². The Labute approximate surface area is 194 Å². The quantitative estimate of drug-likeness (QED) is 0.421. The molecule has 1 saturated heterocycles. The predicted molar refractivity (Wildman–Crippen MR) is 127 cm³/mol. The van der Waals surface area contributed by atoms with Gasteiger partial charge in [0.05, 0.1) is 0 Å². The Balaban J connectivity index is 1.44. The molecule has 2 amide bonds. The number of hydrogen-bond donors (Lipinski definition) is 0. The molecular formula is C28H29NO4. The van der Waals surface area contributed by atoms with Crippen molar-refractivity contribution in [3.8, 4) is 5.75 Å². The van der Waals surface area contributed by atoms with Crippen molar-refractivity contribution in [3.63, 3.8) is 0 Å². The number of imide groups is 1. The number of carbonyl (C=O) groups is 2.